The van der Waals surface area contributed by atoms with Crippen LogP contribution in [0.15, 0.2) is 30.3 Å². The van der Waals surface area contributed by atoms with Crippen LogP contribution < -0.4 is 10.6 Å². The van der Waals surface area contributed by atoms with Gasteiger partial charge in [0, 0.05) is 33.2 Å². The zero-order chi connectivity index (χ0) is 16.3. The summed E-state index contributed by atoms with van der Waals surface area (Å²) in [6.07, 6.45) is 5.43. The second-order valence-electron chi connectivity index (χ2n) is 6.43. The number of carbonyl (C=O) groups is 1. The smallest absolute Gasteiger partial charge is 0.220 e. The Morgan fingerprint density at radius 1 is 1.08 bits per heavy atom. The molecule has 0 atom stereocenters. The van der Waals surface area contributed by atoms with Crippen LogP contribution in [0.5, 0.6) is 0 Å². The van der Waals surface area contributed by atoms with Gasteiger partial charge in [0.25, 0.3) is 0 Å². The molecular formula is C19H31ClN2O2. The predicted octanol–water partition coefficient (Wildman–Crippen LogP) is 3.12. The van der Waals surface area contributed by atoms with Crippen LogP contribution in [-0.2, 0) is 9.53 Å². The standard InChI is InChI=1S/C19H30N2O2.ClH/c1-23-14-13-20-11-12-21-19(22)15-16-7-9-18(10-8-16)17-5-3-2-4-6-17;/h2-6,16,18,20H,7-15H2,1H3,(H,21,22);1H. The maximum absolute atomic E-state index is 12.0. The molecule has 0 heterocycles. The second kappa shape index (κ2) is 12.3. The van der Waals surface area contributed by atoms with Crippen LogP contribution in [0.2, 0.25) is 0 Å². The zero-order valence-electron chi connectivity index (χ0n) is 14.6. The number of methoxy groups -OCH3 is 1. The molecule has 24 heavy (non-hydrogen) atoms. The van der Waals surface area contributed by atoms with Gasteiger partial charge in [-0.15, -0.1) is 12.4 Å². The molecule has 0 aliphatic heterocycles. The van der Waals surface area contributed by atoms with Gasteiger partial charge in [-0.05, 0) is 43.1 Å². The summed E-state index contributed by atoms with van der Waals surface area (Å²) in [5.74, 6) is 1.43. The van der Waals surface area contributed by atoms with Gasteiger partial charge in [-0.3, -0.25) is 4.79 Å². The van der Waals surface area contributed by atoms with Crippen molar-refractivity contribution in [3.8, 4) is 0 Å². The van der Waals surface area contributed by atoms with Crippen molar-refractivity contribution < 1.29 is 9.53 Å². The van der Waals surface area contributed by atoms with E-state index in [-0.39, 0.29) is 18.3 Å². The van der Waals surface area contributed by atoms with E-state index in [4.69, 9.17) is 4.74 Å². The lowest BCUT2D eigenvalue weighted by Gasteiger charge is -2.28. The van der Waals surface area contributed by atoms with Gasteiger partial charge in [-0.25, -0.2) is 0 Å². The number of hydrogen-bond acceptors (Lipinski definition) is 3. The summed E-state index contributed by atoms with van der Waals surface area (Å²) in [4.78, 5) is 12.0. The van der Waals surface area contributed by atoms with E-state index in [0.29, 0.717) is 31.4 Å². The third kappa shape index (κ3) is 7.65. The first-order valence-corrected chi connectivity index (χ1v) is 8.81. The van der Waals surface area contributed by atoms with Gasteiger partial charge in [0.05, 0.1) is 6.61 Å². The van der Waals surface area contributed by atoms with E-state index < -0.39 is 0 Å². The van der Waals surface area contributed by atoms with Crippen LogP contribution in [-0.4, -0.2) is 39.3 Å². The fourth-order valence-electron chi connectivity index (χ4n) is 3.35. The van der Waals surface area contributed by atoms with Gasteiger partial charge in [0.1, 0.15) is 0 Å². The van der Waals surface area contributed by atoms with Crippen molar-refractivity contribution in [3.05, 3.63) is 35.9 Å². The fraction of sp³-hybridized carbons (Fsp3) is 0.632. The monoisotopic (exact) mass is 354 g/mol. The number of nitrogens with one attached hydrogen (secondary N) is 2. The Labute approximate surface area is 152 Å². The summed E-state index contributed by atoms with van der Waals surface area (Å²) in [5, 5.41) is 6.24. The SMILES string of the molecule is COCCNCCNC(=O)CC1CCC(c2ccccc2)CC1.Cl. The van der Waals surface area contributed by atoms with Crippen molar-refractivity contribution in [1.82, 2.24) is 10.6 Å². The van der Waals surface area contributed by atoms with E-state index in [9.17, 15) is 4.79 Å². The van der Waals surface area contributed by atoms with Crippen molar-refractivity contribution >= 4 is 18.3 Å². The van der Waals surface area contributed by atoms with Gasteiger partial charge in [-0.1, -0.05) is 30.3 Å². The van der Waals surface area contributed by atoms with E-state index >= 15 is 0 Å². The number of benzene rings is 1. The van der Waals surface area contributed by atoms with Crippen molar-refractivity contribution in [1.29, 1.82) is 0 Å². The van der Waals surface area contributed by atoms with Crippen molar-refractivity contribution in [2.24, 2.45) is 5.92 Å². The first-order valence-electron chi connectivity index (χ1n) is 8.81. The summed E-state index contributed by atoms with van der Waals surface area (Å²) in [6.45, 7) is 3.03. The maximum atomic E-state index is 12.0. The van der Waals surface area contributed by atoms with Gasteiger partial charge >= 0.3 is 0 Å². The lowest BCUT2D eigenvalue weighted by molar-refractivity contribution is -0.122. The molecule has 1 fully saturated rings. The number of rotatable bonds is 9. The fourth-order valence-corrected chi connectivity index (χ4v) is 3.35. The summed E-state index contributed by atoms with van der Waals surface area (Å²) in [5.41, 5.74) is 1.46. The Balaban J connectivity index is 0.00000288. The summed E-state index contributed by atoms with van der Waals surface area (Å²) >= 11 is 0. The van der Waals surface area contributed by atoms with Crippen LogP contribution in [0, 0.1) is 5.92 Å². The first kappa shape index (κ1) is 20.9. The minimum Gasteiger partial charge on any atom is -0.383 e. The Hall–Kier alpha value is -1.10. The highest BCUT2D eigenvalue weighted by atomic mass is 35.5. The largest absolute Gasteiger partial charge is 0.383 e. The van der Waals surface area contributed by atoms with E-state index in [1.54, 1.807) is 7.11 Å². The van der Waals surface area contributed by atoms with Gasteiger partial charge in [-0.2, -0.15) is 0 Å². The highest BCUT2D eigenvalue weighted by Gasteiger charge is 2.23. The quantitative estimate of drug-likeness (QED) is 0.670. The zero-order valence-corrected chi connectivity index (χ0v) is 15.4. The molecule has 1 amide bonds. The molecule has 0 radical (unpaired) electrons. The minimum atomic E-state index is 0. The molecule has 5 heteroatoms. The average Bonchev–Trinajstić information content (AvgIpc) is 2.59. The molecule has 2 rings (SSSR count). The van der Waals surface area contributed by atoms with E-state index in [0.717, 1.165) is 13.1 Å². The van der Waals surface area contributed by atoms with Crippen LogP contribution in [0.3, 0.4) is 0 Å². The highest BCUT2D eigenvalue weighted by molar-refractivity contribution is 5.85. The van der Waals surface area contributed by atoms with E-state index in [2.05, 4.69) is 41.0 Å². The van der Waals surface area contributed by atoms with Gasteiger partial charge < -0.3 is 15.4 Å². The Kier molecular flexibility index (Phi) is 10.7. The number of amides is 1. The lowest BCUT2D eigenvalue weighted by Crippen LogP contribution is -2.34. The number of ether oxygens (including phenoxy) is 1. The summed E-state index contributed by atoms with van der Waals surface area (Å²) in [6, 6.07) is 10.8. The molecule has 1 aliphatic carbocycles. The van der Waals surface area contributed by atoms with Crippen molar-refractivity contribution in [3.63, 3.8) is 0 Å². The normalized spacial score (nSPS) is 20.2. The molecular weight excluding hydrogens is 324 g/mol. The molecule has 1 aliphatic rings. The topological polar surface area (TPSA) is 50.4 Å². The number of hydrogen-bond donors (Lipinski definition) is 2. The molecule has 2 N–H and O–H groups in total. The van der Waals surface area contributed by atoms with Crippen LogP contribution in [0.1, 0.15) is 43.6 Å². The molecule has 0 spiro atoms. The Morgan fingerprint density at radius 2 is 1.79 bits per heavy atom. The average molecular weight is 355 g/mol. The molecule has 1 saturated carbocycles. The maximum Gasteiger partial charge on any atom is 0.220 e. The highest BCUT2D eigenvalue weighted by Crippen LogP contribution is 2.36. The molecule has 0 aromatic heterocycles. The minimum absolute atomic E-state index is 0. The second-order valence-corrected chi connectivity index (χ2v) is 6.43. The van der Waals surface area contributed by atoms with Crippen molar-refractivity contribution in [2.75, 3.05) is 33.4 Å². The predicted molar refractivity (Wildman–Crippen MR) is 101 cm³/mol. The van der Waals surface area contributed by atoms with Crippen LogP contribution in [0.25, 0.3) is 0 Å². The first-order chi connectivity index (χ1) is 11.3. The molecule has 4 nitrogen and oxygen atoms in total. The molecule has 0 saturated heterocycles. The van der Waals surface area contributed by atoms with Crippen LogP contribution >= 0.6 is 12.4 Å². The van der Waals surface area contributed by atoms with Crippen molar-refractivity contribution in [2.45, 2.75) is 38.0 Å². The van der Waals surface area contributed by atoms with Gasteiger partial charge in [0.2, 0.25) is 5.91 Å². The molecule has 0 unspecified atom stereocenters. The van der Waals surface area contributed by atoms with Crippen LogP contribution in [0.4, 0.5) is 0 Å². The third-order valence-electron chi connectivity index (χ3n) is 4.70. The van der Waals surface area contributed by atoms with E-state index in [1.807, 2.05) is 0 Å². The lowest BCUT2D eigenvalue weighted by atomic mass is 9.77. The number of halogens is 1. The Morgan fingerprint density at radius 3 is 2.46 bits per heavy atom. The van der Waals surface area contributed by atoms with E-state index in [1.165, 1.54) is 31.2 Å². The number of carbonyl (C=O) groups excluding carboxylic acids is 1. The van der Waals surface area contributed by atoms with Gasteiger partial charge in [0.15, 0.2) is 0 Å². The molecule has 0 bridgehead atoms. The molecule has 1 aromatic rings. The summed E-state index contributed by atoms with van der Waals surface area (Å²) < 4.78 is 4.96. The molecule has 136 valence electrons. The molecule has 1 aromatic carbocycles. The Bertz CT molecular complexity index is 448. The third-order valence-corrected chi connectivity index (χ3v) is 4.70. The summed E-state index contributed by atoms with van der Waals surface area (Å²) in [7, 11) is 1.69.